The summed E-state index contributed by atoms with van der Waals surface area (Å²) in [6.45, 7) is 4.76. The van der Waals surface area contributed by atoms with E-state index in [1.807, 2.05) is 19.9 Å². The summed E-state index contributed by atoms with van der Waals surface area (Å²) in [5, 5.41) is 8.93. The summed E-state index contributed by atoms with van der Waals surface area (Å²) in [5.41, 5.74) is -0.0466. The smallest absolute Gasteiger partial charge is 0.244 e. The van der Waals surface area contributed by atoms with Crippen LogP contribution in [0.25, 0.3) is 0 Å². The van der Waals surface area contributed by atoms with Crippen LogP contribution < -0.4 is 0 Å². The van der Waals surface area contributed by atoms with Crippen LogP contribution in [0.3, 0.4) is 0 Å². The lowest BCUT2D eigenvalue weighted by Crippen LogP contribution is -2.33. The zero-order chi connectivity index (χ0) is 13.6. The second-order valence-corrected chi connectivity index (χ2v) is 5.77. The molecule has 0 spiro atoms. The SMILES string of the molecule is CCCN(CCC)S(=O)(=O)c1cccnc1C#N. The minimum Gasteiger partial charge on any atom is -0.244 e. The maximum Gasteiger partial charge on any atom is 0.245 e. The summed E-state index contributed by atoms with van der Waals surface area (Å²) in [7, 11) is -3.62. The van der Waals surface area contributed by atoms with E-state index < -0.39 is 10.0 Å². The van der Waals surface area contributed by atoms with E-state index in [9.17, 15) is 8.42 Å². The normalized spacial score (nSPS) is 11.4. The van der Waals surface area contributed by atoms with Gasteiger partial charge in [-0.05, 0) is 25.0 Å². The van der Waals surface area contributed by atoms with Crippen LogP contribution >= 0.6 is 0 Å². The van der Waals surface area contributed by atoms with E-state index in [0.29, 0.717) is 13.1 Å². The molecule has 0 radical (unpaired) electrons. The third kappa shape index (κ3) is 3.06. The highest BCUT2D eigenvalue weighted by molar-refractivity contribution is 7.89. The van der Waals surface area contributed by atoms with Crippen LogP contribution in [0.15, 0.2) is 23.2 Å². The molecule has 5 nitrogen and oxygen atoms in total. The van der Waals surface area contributed by atoms with Crippen LogP contribution in [0.1, 0.15) is 32.4 Å². The Labute approximate surface area is 108 Å². The summed E-state index contributed by atoms with van der Waals surface area (Å²) in [6, 6.07) is 4.79. The molecular weight excluding hydrogens is 250 g/mol. The number of aromatic nitrogens is 1. The maximum atomic E-state index is 12.4. The van der Waals surface area contributed by atoms with Crippen molar-refractivity contribution in [2.24, 2.45) is 0 Å². The van der Waals surface area contributed by atoms with Gasteiger partial charge in [-0.2, -0.15) is 9.57 Å². The molecule has 0 unspecified atom stereocenters. The Bertz CT molecular complexity index is 528. The van der Waals surface area contributed by atoms with Gasteiger partial charge in [0.1, 0.15) is 11.0 Å². The Morgan fingerprint density at radius 2 is 1.94 bits per heavy atom. The van der Waals surface area contributed by atoms with Crippen molar-refractivity contribution < 1.29 is 8.42 Å². The third-order valence-corrected chi connectivity index (χ3v) is 4.37. The van der Waals surface area contributed by atoms with Gasteiger partial charge in [0, 0.05) is 19.3 Å². The molecule has 1 aromatic heterocycles. The van der Waals surface area contributed by atoms with Crippen LogP contribution in [-0.4, -0.2) is 30.8 Å². The summed E-state index contributed by atoms with van der Waals surface area (Å²) >= 11 is 0. The van der Waals surface area contributed by atoms with Crippen molar-refractivity contribution in [1.82, 2.24) is 9.29 Å². The van der Waals surface area contributed by atoms with E-state index in [-0.39, 0.29) is 10.6 Å². The van der Waals surface area contributed by atoms with E-state index in [2.05, 4.69) is 4.98 Å². The molecule has 0 atom stereocenters. The van der Waals surface area contributed by atoms with Crippen molar-refractivity contribution in [3.8, 4) is 6.07 Å². The second kappa shape index (κ2) is 6.47. The molecule has 0 saturated carbocycles. The van der Waals surface area contributed by atoms with Crippen LogP contribution in [0.2, 0.25) is 0 Å². The van der Waals surface area contributed by atoms with Crippen LogP contribution in [0.5, 0.6) is 0 Å². The maximum absolute atomic E-state index is 12.4. The first-order valence-corrected chi connectivity index (χ1v) is 7.37. The first-order chi connectivity index (χ1) is 8.57. The average molecular weight is 267 g/mol. The topological polar surface area (TPSA) is 74.1 Å². The molecule has 0 aliphatic carbocycles. The molecule has 1 rings (SSSR count). The fourth-order valence-electron chi connectivity index (χ4n) is 1.67. The Morgan fingerprint density at radius 1 is 1.33 bits per heavy atom. The molecule has 6 heteroatoms. The number of nitrogens with zero attached hydrogens (tertiary/aromatic N) is 3. The van der Waals surface area contributed by atoms with Gasteiger partial charge in [-0.3, -0.25) is 0 Å². The van der Waals surface area contributed by atoms with Crippen molar-refractivity contribution in [2.45, 2.75) is 31.6 Å². The van der Waals surface area contributed by atoms with Crippen LogP contribution in [-0.2, 0) is 10.0 Å². The quantitative estimate of drug-likeness (QED) is 0.787. The fraction of sp³-hybridized carbons (Fsp3) is 0.500. The number of hydrogen-bond acceptors (Lipinski definition) is 4. The van der Waals surface area contributed by atoms with Gasteiger partial charge >= 0.3 is 0 Å². The van der Waals surface area contributed by atoms with Gasteiger partial charge in [0.05, 0.1) is 0 Å². The van der Waals surface area contributed by atoms with E-state index in [0.717, 1.165) is 12.8 Å². The van der Waals surface area contributed by atoms with Gasteiger partial charge in [-0.1, -0.05) is 13.8 Å². The van der Waals surface area contributed by atoms with Gasteiger partial charge in [0.2, 0.25) is 10.0 Å². The predicted molar refractivity (Wildman–Crippen MR) is 68.3 cm³/mol. The number of rotatable bonds is 6. The van der Waals surface area contributed by atoms with Gasteiger partial charge in [0.15, 0.2) is 5.69 Å². The monoisotopic (exact) mass is 267 g/mol. The molecule has 0 bridgehead atoms. The molecular formula is C12H17N3O2S. The lowest BCUT2D eigenvalue weighted by Gasteiger charge is -2.21. The lowest BCUT2D eigenvalue weighted by molar-refractivity contribution is 0.409. The first kappa shape index (κ1) is 14.6. The molecule has 1 aromatic rings. The molecule has 0 aliphatic heterocycles. The molecule has 0 saturated heterocycles. The molecule has 0 aliphatic rings. The highest BCUT2D eigenvalue weighted by atomic mass is 32.2. The molecule has 0 fully saturated rings. The summed E-state index contributed by atoms with van der Waals surface area (Å²) < 4.78 is 26.3. The number of hydrogen-bond donors (Lipinski definition) is 0. The van der Waals surface area contributed by atoms with Gasteiger partial charge < -0.3 is 0 Å². The van der Waals surface area contributed by atoms with E-state index in [4.69, 9.17) is 5.26 Å². The first-order valence-electron chi connectivity index (χ1n) is 5.93. The standard InChI is InChI=1S/C12H17N3O2S/c1-3-8-15(9-4-2)18(16,17)12-6-5-7-14-11(12)10-13/h5-7H,3-4,8-9H2,1-2H3. The highest BCUT2D eigenvalue weighted by Crippen LogP contribution is 2.18. The number of sulfonamides is 1. The number of pyridine rings is 1. The zero-order valence-corrected chi connectivity index (χ0v) is 11.4. The Kier molecular flexibility index (Phi) is 5.25. The molecule has 0 aromatic carbocycles. The van der Waals surface area contributed by atoms with Crippen molar-refractivity contribution in [3.63, 3.8) is 0 Å². The Morgan fingerprint density at radius 3 is 2.44 bits per heavy atom. The van der Waals surface area contributed by atoms with Crippen molar-refractivity contribution in [1.29, 1.82) is 5.26 Å². The van der Waals surface area contributed by atoms with E-state index in [1.165, 1.54) is 22.6 Å². The molecule has 18 heavy (non-hydrogen) atoms. The highest BCUT2D eigenvalue weighted by Gasteiger charge is 2.26. The Balaban J connectivity index is 3.23. The minimum absolute atomic E-state index is 0.00519. The summed E-state index contributed by atoms with van der Waals surface area (Å²) in [6.07, 6.45) is 2.89. The van der Waals surface area contributed by atoms with Crippen LogP contribution in [0, 0.1) is 11.3 Å². The lowest BCUT2D eigenvalue weighted by atomic mass is 10.4. The Hall–Kier alpha value is -1.45. The molecule has 0 N–H and O–H groups in total. The van der Waals surface area contributed by atoms with Gasteiger partial charge in [-0.15, -0.1) is 0 Å². The molecule has 0 amide bonds. The predicted octanol–water partition coefficient (Wildman–Crippen LogP) is 1.76. The summed E-state index contributed by atoms with van der Waals surface area (Å²) in [4.78, 5) is 3.79. The third-order valence-electron chi connectivity index (χ3n) is 2.44. The average Bonchev–Trinajstić information content (AvgIpc) is 2.38. The largest absolute Gasteiger partial charge is 0.245 e. The second-order valence-electron chi connectivity index (χ2n) is 3.87. The molecule has 1 heterocycles. The van der Waals surface area contributed by atoms with Crippen molar-refractivity contribution >= 4 is 10.0 Å². The van der Waals surface area contributed by atoms with E-state index >= 15 is 0 Å². The molecule has 98 valence electrons. The van der Waals surface area contributed by atoms with E-state index in [1.54, 1.807) is 0 Å². The minimum atomic E-state index is -3.62. The van der Waals surface area contributed by atoms with Gasteiger partial charge in [0.25, 0.3) is 0 Å². The van der Waals surface area contributed by atoms with Gasteiger partial charge in [-0.25, -0.2) is 13.4 Å². The number of nitriles is 1. The summed E-state index contributed by atoms with van der Waals surface area (Å²) in [5.74, 6) is 0. The zero-order valence-electron chi connectivity index (χ0n) is 10.6. The van der Waals surface area contributed by atoms with Crippen LogP contribution in [0.4, 0.5) is 0 Å². The van der Waals surface area contributed by atoms with Crippen molar-refractivity contribution in [3.05, 3.63) is 24.0 Å². The van der Waals surface area contributed by atoms with Crippen molar-refractivity contribution in [2.75, 3.05) is 13.1 Å². The fourth-order valence-corrected chi connectivity index (χ4v) is 3.39.